The molecule has 0 aliphatic carbocycles. The van der Waals surface area contributed by atoms with Gasteiger partial charge in [-0.3, -0.25) is 4.79 Å². The van der Waals surface area contributed by atoms with Gasteiger partial charge in [-0.2, -0.15) is 23.2 Å². The van der Waals surface area contributed by atoms with Gasteiger partial charge in [0.15, 0.2) is 5.82 Å². The molecule has 1 aliphatic rings. The van der Waals surface area contributed by atoms with Crippen molar-refractivity contribution in [2.45, 2.75) is 26.1 Å². The summed E-state index contributed by atoms with van der Waals surface area (Å²) in [5, 5.41) is 5.93. The number of hydrogen-bond acceptors (Lipinski definition) is 8. The van der Waals surface area contributed by atoms with Crippen molar-refractivity contribution in [1.82, 2.24) is 25.2 Å². The summed E-state index contributed by atoms with van der Waals surface area (Å²) >= 11 is 0. The highest BCUT2D eigenvalue weighted by Crippen LogP contribution is 2.38. The van der Waals surface area contributed by atoms with Gasteiger partial charge in [0, 0.05) is 29.8 Å². The summed E-state index contributed by atoms with van der Waals surface area (Å²) in [6.45, 7) is 2.15. The quantitative estimate of drug-likeness (QED) is 0.262. The standard InChI is InChI=1S/C28H28F5N7O4/c1-4-13-39(44-25(42)28(31,32)33)24(41)17-10-8-16(9-11-17)21-18-15-35-27(43)40(22-19(29)6-5-7-20(22)30)23(18)37-26(36-21)34-12-14-38(2)3/h5-11H,4,12-15H2,1-3H3,(H,35,43)(H,34,36,37). The molecule has 2 aromatic carbocycles. The van der Waals surface area contributed by atoms with Gasteiger partial charge in [0.2, 0.25) is 5.95 Å². The molecule has 4 rings (SSSR count). The number of carbonyl (C=O) groups excluding carboxylic acids is 3. The molecule has 1 aliphatic heterocycles. The molecular formula is C28H28F5N7O4. The third-order valence-corrected chi connectivity index (χ3v) is 6.30. The van der Waals surface area contributed by atoms with Crippen molar-refractivity contribution >= 4 is 35.4 Å². The molecule has 234 valence electrons. The van der Waals surface area contributed by atoms with Gasteiger partial charge in [-0.1, -0.05) is 25.1 Å². The smallest absolute Gasteiger partial charge is 0.353 e. The van der Waals surface area contributed by atoms with Crippen LogP contribution < -0.4 is 15.5 Å². The van der Waals surface area contributed by atoms with E-state index in [4.69, 9.17) is 0 Å². The van der Waals surface area contributed by atoms with E-state index < -0.39 is 41.4 Å². The van der Waals surface area contributed by atoms with Crippen molar-refractivity contribution in [3.05, 3.63) is 65.2 Å². The van der Waals surface area contributed by atoms with Crippen LogP contribution in [0.4, 0.5) is 44.2 Å². The average Bonchev–Trinajstić information content (AvgIpc) is 2.96. The first kappa shape index (κ1) is 32.1. The summed E-state index contributed by atoms with van der Waals surface area (Å²) in [6.07, 6.45) is -5.09. The lowest BCUT2D eigenvalue weighted by Gasteiger charge is -2.30. The van der Waals surface area contributed by atoms with E-state index in [1.807, 2.05) is 19.0 Å². The fourth-order valence-electron chi connectivity index (χ4n) is 4.24. The number of urea groups is 1. The number of amides is 3. The second kappa shape index (κ2) is 13.2. The summed E-state index contributed by atoms with van der Waals surface area (Å²) < 4.78 is 67.9. The minimum atomic E-state index is -5.30. The van der Waals surface area contributed by atoms with Crippen LogP contribution in [0.5, 0.6) is 0 Å². The third-order valence-electron chi connectivity index (χ3n) is 6.30. The number of likely N-dealkylation sites (N-methyl/N-ethyl adjacent to an activating group) is 1. The molecular weight excluding hydrogens is 593 g/mol. The SMILES string of the molecule is CCCN(OC(=O)C(F)(F)F)C(=O)c1ccc(-c2nc(NCCN(C)C)nc3c2CNC(=O)N3c2c(F)cccc2F)cc1. The molecule has 0 saturated carbocycles. The van der Waals surface area contributed by atoms with Crippen LogP contribution in [0, 0.1) is 11.6 Å². The number of halogens is 5. The van der Waals surface area contributed by atoms with Crippen LogP contribution in [-0.4, -0.2) is 77.7 Å². The van der Waals surface area contributed by atoms with E-state index in [1.165, 1.54) is 24.3 Å². The van der Waals surface area contributed by atoms with Gasteiger partial charge in [0.1, 0.15) is 17.3 Å². The van der Waals surface area contributed by atoms with Gasteiger partial charge in [-0.05, 0) is 44.8 Å². The van der Waals surface area contributed by atoms with E-state index in [2.05, 4.69) is 25.4 Å². The molecule has 2 N–H and O–H groups in total. The van der Waals surface area contributed by atoms with Crippen LogP contribution in [0.1, 0.15) is 29.3 Å². The fourth-order valence-corrected chi connectivity index (χ4v) is 4.24. The van der Waals surface area contributed by atoms with E-state index in [-0.39, 0.29) is 42.5 Å². The number of para-hydroxylation sites is 1. The average molecular weight is 622 g/mol. The molecule has 16 heteroatoms. The molecule has 3 aromatic rings. The molecule has 0 atom stereocenters. The summed E-state index contributed by atoms with van der Waals surface area (Å²) in [4.78, 5) is 53.2. The second-order valence-electron chi connectivity index (χ2n) is 9.85. The summed E-state index contributed by atoms with van der Waals surface area (Å²) in [5.74, 6) is -5.55. The summed E-state index contributed by atoms with van der Waals surface area (Å²) in [6, 6.07) is 7.82. The Morgan fingerprint density at radius 2 is 1.70 bits per heavy atom. The van der Waals surface area contributed by atoms with Crippen molar-refractivity contribution < 1.29 is 41.2 Å². The van der Waals surface area contributed by atoms with Gasteiger partial charge < -0.3 is 20.4 Å². The lowest BCUT2D eigenvalue weighted by molar-refractivity contribution is -0.228. The first-order valence-corrected chi connectivity index (χ1v) is 13.3. The van der Waals surface area contributed by atoms with Gasteiger partial charge in [0.05, 0.1) is 18.8 Å². The van der Waals surface area contributed by atoms with Crippen molar-refractivity contribution in [3.63, 3.8) is 0 Å². The molecule has 44 heavy (non-hydrogen) atoms. The number of carbonyl (C=O) groups is 3. The minimum Gasteiger partial charge on any atom is -0.353 e. The molecule has 3 amide bonds. The Kier molecular flexibility index (Phi) is 9.62. The number of hydroxylamine groups is 2. The van der Waals surface area contributed by atoms with Gasteiger partial charge in [-0.15, -0.1) is 0 Å². The van der Waals surface area contributed by atoms with Crippen molar-refractivity contribution in [3.8, 4) is 11.3 Å². The topological polar surface area (TPSA) is 120 Å². The lowest BCUT2D eigenvalue weighted by atomic mass is 10.0. The fraction of sp³-hybridized carbons (Fsp3) is 0.321. The first-order valence-electron chi connectivity index (χ1n) is 13.3. The summed E-state index contributed by atoms with van der Waals surface area (Å²) in [7, 11) is 3.70. The highest BCUT2D eigenvalue weighted by atomic mass is 19.4. The molecule has 2 heterocycles. The van der Waals surface area contributed by atoms with Gasteiger partial charge in [-0.25, -0.2) is 28.3 Å². The number of alkyl halides is 3. The molecule has 0 saturated heterocycles. The Morgan fingerprint density at radius 1 is 1.05 bits per heavy atom. The van der Waals surface area contributed by atoms with Crippen LogP contribution >= 0.6 is 0 Å². The number of fused-ring (bicyclic) bond motifs is 1. The Bertz CT molecular complexity index is 1530. The van der Waals surface area contributed by atoms with Crippen LogP contribution in [0.2, 0.25) is 0 Å². The lowest BCUT2D eigenvalue weighted by Crippen LogP contribution is -2.43. The van der Waals surface area contributed by atoms with Crippen LogP contribution in [0.15, 0.2) is 42.5 Å². The van der Waals surface area contributed by atoms with Crippen LogP contribution in [0.3, 0.4) is 0 Å². The van der Waals surface area contributed by atoms with Gasteiger partial charge >= 0.3 is 18.2 Å². The van der Waals surface area contributed by atoms with Crippen LogP contribution in [0.25, 0.3) is 11.3 Å². The zero-order valence-electron chi connectivity index (χ0n) is 23.8. The number of nitrogens with one attached hydrogen (secondary N) is 2. The Hall–Kier alpha value is -4.86. The van der Waals surface area contributed by atoms with E-state index in [0.717, 1.165) is 23.1 Å². The molecule has 0 radical (unpaired) electrons. The maximum Gasteiger partial charge on any atom is 0.493 e. The minimum absolute atomic E-state index is 0.0467. The molecule has 1 aromatic heterocycles. The van der Waals surface area contributed by atoms with E-state index in [0.29, 0.717) is 29.3 Å². The Balaban J connectivity index is 1.76. The molecule has 0 fully saturated rings. The van der Waals surface area contributed by atoms with E-state index in [9.17, 15) is 36.3 Å². The Labute approximate surface area is 248 Å². The van der Waals surface area contributed by atoms with E-state index in [1.54, 1.807) is 6.92 Å². The van der Waals surface area contributed by atoms with Gasteiger partial charge in [0.25, 0.3) is 5.91 Å². The second-order valence-corrected chi connectivity index (χ2v) is 9.85. The zero-order valence-corrected chi connectivity index (χ0v) is 23.8. The third kappa shape index (κ3) is 7.02. The molecule has 0 spiro atoms. The highest BCUT2D eigenvalue weighted by Gasteiger charge is 2.43. The predicted octanol–water partition coefficient (Wildman–Crippen LogP) is 4.63. The number of anilines is 3. The normalized spacial score (nSPS) is 12.9. The molecule has 0 bridgehead atoms. The number of benzene rings is 2. The maximum atomic E-state index is 14.8. The van der Waals surface area contributed by atoms with Crippen molar-refractivity contribution in [1.29, 1.82) is 0 Å². The molecule has 11 nitrogen and oxygen atoms in total. The van der Waals surface area contributed by atoms with Crippen molar-refractivity contribution in [2.75, 3.05) is 43.9 Å². The predicted molar refractivity (Wildman–Crippen MR) is 149 cm³/mol. The van der Waals surface area contributed by atoms with Crippen molar-refractivity contribution in [2.24, 2.45) is 0 Å². The monoisotopic (exact) mass is 621 g/mol. The molecule has 0 unspecified atom stereocenters. The number of nitrogens with zero attached hydrogens (tertiary/aromatic N) is 5. The first-order chi connectivity index (χ1) is 20.8. The Morgan fingerprint density at radius 3 is 2.30 bits per heavy atom. The highest BCUT2D eigenvalue weighted by molar-refractivity contribution is 6.02. The van der Waals surface area contributed by atoms with E-state index >= 15 is 0 Å². The maximum absolute atomic E-state index is 14.8. The number of aromatic nitrogens is 2. The van der Waals surface area contributed by atoms with Crippen LogP contribution in [-0.2, 0) is 16.2 Å². The summed E-state index contributed by atoms with van der Waals surface area (Å²) in [5.41, 5.74) is 0.205. The zero-order chi connectivity index (χ0) is 32.2. The number of hydrogen-bond donors (Lipinski definition) is 2. The largest absolute Gasteiger partial charge is 0.493 e. The number of rotatable bonds is 9.